The van der Waals surface area contributed by atoms with Gasteiger partial charge in [0.05, 0.1) is 11.4 Å². The summed E-state index contributed by atoms with van der Waals surface area (Å²) in [4.78, 5) is 18.4. The van der Waals surface area contributed by atoms with Crippen molar-refractivity contribution < 1.29 is 9.18 Å². The van der Waals surface area contributed by atoms with Crippen molar-refractivity contribution in [1.82, 2.24) is 0 Å². The van der Waals surface area contributed by atoms with Crippen LogP contribution in [0.15, 0.2) is 47.5 Å². The van der Waals surface area contributed by atoms with Crippen molar-refractivity contribution in [3.05, 3.63) is 65.0 Å². The summed E-state index contributed by atoms with van der Waals surface area (Å²) in [5.74, 6) is -0.333. The molecule has 3 nitrogen and oxygen atoms in total. The number of para-hydroxylation sites is 1. The molecule has 0 aromatic heterocycles. The molecule has 21 heavy (non-hydrogen) atoms. The molecule has 2 aliphatic heterocycles. The van der Waals surface area contributed by atoms with Gasteiger partial charge in [-0.15, -0.1) is 0 Å². The number of carbonyl (C=O) groups is 1. The minimum Gasteiger partial charge on any atom is -0.310 e. The van der Waals surface area contributed by atoms with E-state index in [0.717, 1.165) is 23.2 Å². The third kappa shape index (κ3) is 1.79. The molecule has 2 aromatic carbocycles. The van der Waals surface area contributed by atoms with E-state index >= 15 is 0 Å². The first-order valence-corrected chi connectivity index (χ1v) is 6.97. The molecule has 0 radical (unpaired) electrons. The van der Waals surface area contributed by atoms with Crippen LogP contribution in [-0.4, -0.2) is 24.7 Å². The summed E-state index contributed by atoms with van der Waals surface area (Å²) < 4.78 is 14.1. The van der Waals surface area contributed by atoms with Crippen LogP contribution in [0.3, 0.4) is 0 Å². The Bertz CT molecular complexity index is 782. The molecule has 0 N–H and O–H groups in total. The Morgan fingerprint density at radius 2 is 1.86 bits per heavy atom. The normalized spacial score (nSPS) is 16.5. The molecule has 0 aliphatic carbocycles. The van der Waals surface area contributed by atoms with E-state index in [1.54, 1.807) is 23.1 Å². The molecule has 2 aromatic rings. The van der Waals surface area contributed by atoms with E-state index in [4.69, 9.17) is 0 Å². The molecule has 4 heteroatoms. The Balaban J connectivity index is 1.98. The van der Waals surface area contributed by atoms with Crippen LogP contribution in [0, 0.1) is 5.82 Å². The largest absolute Gasteiger partial charge is 0.310 e. The first-order chi connectivity index (χ1) is 10.3. The zero-order valence-electron chi connectivity index (χ0n) is 11.3. The summed E-state index contributed by atoms with van der Waals surface area (Å²) in [5.41, 5.74) is 3.91. The number of hydrogen-bond donors (Lipinski definition) is 0. The SMILES string of the molecule is O=C1CN=C(c2ccccc2F)c2cccc3c2N1CC3. The monoisotopic (exact) mass is 280 g/mol. The molecular weight excluding hydrogens is 267 g/mol. The zero-order valence-corrected chi connectivity index (χ0v) is 11.3. The molecule has 0 spiro atoms. The first-order valence-electron chi connectivity index (χ1n) is 6.97. The van der Waals surface area contributed by atoms with Crippen LogP contribution in [0.25, 0.3) is 0 Å². The molecule has 2 aliphatic rings. The predicted octanol–water partition coefficient (Wildman–Crippen LogP) is 2.57. The smallest absolute Gasteiger partial charge is 0.248 e. The Kier molecular flexibility index (Phi) is 2.64. The van der Waals surface area contributed by atoms with Gasteiger partial charge in [-0.1, -0.05) is 30.3 Å². The van der Waals surface area contributed by atoms with Crippen molar-refractivity contribution >= 4 is 17.3 Å². The van der Waals surface area contributed by atoms with Gasteiger partial charge in [0.25, 0.3) is 0 Å². The minimum atomic E-state index is -0.312. The topological polar surface area (TPSA) is 32.7 Å². The van der Waals surface area contributed by atoms with E-state index < -0.39 is 0 Å². The second kappa shape index (κ2) is 4.52. The molecule has 104 valence electrons. The second-order valence-corrected chi connectivity index (χ2v) is 5.25. The molecule has 4 rings (SSSR count). The van der Waals surface area contributed by atoms with Crippen LogP contribution in [0.1, 0.15) is 16.7 Å². The molecule has 0 unspecified atom stereocenters. The van der Waals surface area contributed by atoms with Crippen molar-refractivity contribution in [2.45, 2.75) is 6.42 Å². The number of carbonyl (C=O) groups excluding carboxylic acids is 1. The van der Waals surface area contributed by atoms with Gasteiger partial charge >= 0.3 is 0 Å². The number of amides is 1. The lowest BCUT2D eigenvalue weighted by Crippen LogP contribution is -2.30. The van der Waals surface area contributed by atoms with E-state index in [-0.39, 0.29) is 18.3 Å². The molecule has 0 saturated heterocycles. The number of halogens is 1. The maximum atomic E-state index is 14.1. The average Bonchev–Trinajstić information content (AvgIpc) is 2.87. The van der Waals surface area contributed by atoms with Gasteiger partial charge in [-0.25, -0.2) is 4.39 Å². The van der Waals surface area contributed by atoms with Gasteiger partial charge in [0.1, 0.15) is 12.4 Å². The zero-order chi connectivity index (χ0) is 14.4. The number of anilines is 1. The van der Waals surface area contributed by atoms with Crippen LogP contribution < -0.4 is 4.90 Å². The molecule has 0 saturated carbocycles. The van der Waals surface area contributed by atoms with Gasteiger partial charge in [0.2, 0.25) is 5.91 Å². The van der Waals surface area contributed by atoms with Gasteiger partial charge < -0.3 is 4.90 Å². The standard InChI is InChI=1S/C17H13FN2O/c18-14-7-2-1-5-12(14)16-13-6-3-4-11-8-9-20(17(11)13)15(21)10-19-16/h1-7H,8-10H2. The van der Waals surface area contributed by atoms with E-state index in [2.05, 4.69) is 4.99 Å². The molecule has 0 fully saturated rings. The highest BCUT2D eigenvalue weighted by molar-refractivity contribution is 6.20. The maximum absolute atomic E-state index is 14.1. The molecule has 2 heterocycles. The summed E-state index contributed by atoms with van der Waals surface area (Å²) >= 11 is 0. The lowest BCUT2D eigenvalue weighted by atomic mass is 9.98. The predicted molar refractivity (Wildman–Crippen MR) is 79.4 cm³/mol. The molecule has 0 bridgehead atoms. The van der Waals surface area contributed by atoms with Gasteiger partial charge in [-0.3, -0.25) is 9.79 Å². The summed E-state index contributed by atoms with van der Waals surface area (Å²) in [7, 11) is 0. The lowest BCUT2D eigenvalue weighted by molar-refractivity contribution is -0.117. The van der Waals surface area contributed by atoms with E-state index in [0.29, 0.717) is 17.8 Å². The highest BCUT2D eigenvalue weighted by atomic mass is 19.1. The number of nitrogens with zero attached hydrogens (tertiary/aromatic N) is 2. The van der Waals surface area contributed by atoms with E-state index in [1.165, 1.54) is 6.07 Å². The first kappa shape index (κ1) is 12.3. The quantitative estimate of drug-likeness (QED) is 0.790. The van der Waals surface area contributed by atoms with Crippen LogP contribution >= 0.6 is 0 Å². The lowest BCUT2D eigenvalue weighted by Gasteiger charge is -2.17. The van der Waals surface area contributed by atoms with Crippen molar-refractivity contribution in [2.24, 2.45) is 4.99 Å². The fraction of sp³-hybridized carbons (Fsp3) is 0.176. The van der Waals surface area contributed by atoms with Crippen molar-refractivity contribution in [3.63, 3.8) is 0 Å². The van der Waals surface area contributed by atoms with Crippen LogP contribution in [0.5, 0.6) is 0 Å². The van der Waals surface area contributed by atoms with Crippen LogP contribution in [-0.2, 0) is 11.2 Å². The maximum Gasteiger partial charge on any atom is 0.248 e. The van der Waals surface area contributed by atoms with Gasteiger partial charge in [-0.2, -0.15) is 0 Å². The minimum absolute atomic E-state index is 0.0208. The van der Waals surface area contributed by atoms with Gasteiger partial charge in [-0.05, 0) is 24.1 Å². The van der Waals surface area contributed by atoms with Crippen molar-refractivity contribution in [3.8, 4) is 0 Å². The molecule has 1 amide bonds. The Hall–Kier alpha value is -2.49. The number of hydrogen-bond acceptors (Lipinski definition) is 2. The van der Waals surface area contributed by atoms with Crippen LogP contribution in [0.2, 0.25) is 0 Å². The Morgan fingerprint density at radius 3 is 2.71 bits per heavy atom. The summed E-state index contributed by atoms with van der Waals surface area (Å²) in [6.45, 7) is 0.753. The van der Waals surface area contributed by atoms with Gasteiger partial charge in [0, 0.05) is 17.7 Å². The number of benzene rings is 2. The van der Waals surface area contributed by atoms with Crippen LogP contribution in [0.4, 0.5) is 10.1 Å². The second-order valence-electron chi connectivity index (χ2n) is 5.25. The summed E-state index contributed by atoms with van der Waals surface area (Å²) in [5, 5.41) is 0. The highest BCUT2D eigenvalue weighted by Gasteiger charge is 2.31. The fourth-order valence-electron chi connectivity index (χ4n) is 3.10. The highest BCUT2D eigenvalue weighted by Crippen LogP contribution is 2.35. The Morgan fingerprint density at radius 1 is 1.05 bits per heavy atom. The number of rotatable bonds is 1. The molecular formula is C17H13FN2O. The number of aliphatic imine (C=N–C) groups is 1. The molecule has 0 atom stereocenters. The van der Waals surface area contributed by atoms with Crippen molar-refractivity contribution in [2.75, 3.05) is 18.0 Å². The third-order valence-electron chi connectivity index (χ3n) is 4.05. The van der Waals surface area contributed by atoms with Crippen molar-refractivity contribution in [1.29, 1.82) is 0 Å². The summed E-state index contributed by atoms with van der Waals surface area (Å²) in [6, 6.07) is 12.5. The van der Waals surface area contributed by atoms with Gasteiger partial charge in [0.15, 0.2) is 0 Å². The average molecular weight is 280 g/mol. The Labute approximate surface area is 121 Å². The third-order valence-corrected chi connectivity index (χ3v) is 4.05. The summed E-state index contributed by atoms with van der Waals surface area (Å²) in [6.07, 6.45) is 0.847. The van der Waals surface area contributed by atoms with E-state index in [9.17, 15) is 9.18 Å². The fourth-order valence-corrected chi connectivity index (χ4v) is 3.10. The van der Waals surface area contributed by atoms with E-state index in [1.807, 2.05) is 18.2 Å².